The van der Waals surface area contributed by atoms with Gasteiger partial charge in [-0.1, -0.05) is 30.3 Å². The predicted molar refractivity (Wildman–Crippen MR) is 73.1 cm³/mol. The molecule has 0 unspecified atom stereocenters. The van der Waals surface area contributed by atoms with Gasteiger partial charge < -0.3 is 9.47 Å². The maximum atomic E-state index is 12.0. The van der Waals surface area contributed by atoms with Gasteiger partial charge in [0.05, 0.1) is 20.1 Å². The van der Waals surface area contributed by atoms with Crippen LogP contribution in [0, 0.1) is 5.92 Å². The van der Waals surface area contributed by atoms with Gasteiger partial charge in [-0.05, 0) is 12.6 Å². The number of methoxy groups -OCH3 is 2. The minimum absolute atomic E-state index is 0.249. The van der Waals surface area contributed by atoms with Crippen molar-refractivity contribution in [2.24, 2.45) is 5.92 Å². The van der Waals surface area contributed by atoms with Crippen molar-refractivity contribution < 1.29 is 19.1 Å². The van der Waals surface area contributed by atoms with Gasteiger partial charge in [-0.15, -0.1) is 0 Å². The normalized spacial score (nSPS) is 26.2. The van der Waals surface area contributed by atoms with E-state index in [0.717, 1.165) is 5.56 Å². The molecule has 1 fully saturated rings. The zero-order valence-corrected chi connectivity index (χ0v) is 11.9. The Hall–Kier alpha value is -1.88. The molecular weight excluding hydrogens is 258 g/mol. The van der Waals surface area contributed by atoms with Crippen molar-refractivity contribution in [1.82, 2.24) is 4.90 Å². The second-order valence-electron chi connectivity index (χ2n) is 4.97. The average molecular weight is 277 g/mol. The van der Waals surface area contributed by atoms with Crippen LogP contribution in [0.4, 0.5) is 0 Å². The lowest BCUT2D eigenvalue weighted by molar-refractivity contribution is -0.146. The molecule has 20 heavy (non-hydrogen) atoms. The number of likely N-dealkylation sites (tertiary alicyclic amines) is 1. The minimum Gasteiger partial charge on any atom is -0.469 e. The van der Waals surface area contributed by atoms with Crippen LogP contribution in [-0.4, -0.2) is 50.7 Å². The summed E-state index contributed by atoms with van der Waals surface area (Å²) in [4.78, 5) is 25.9. The number of ether oxygens (including phenoxy) is 2. The molecule has 1 aromatic carbocycles. The van der Waals surface area contributed by atoms with Crippen molar-refractivity contribution >= 4 is 11.9 Å². The number of likely N-dealkylation sites (N-methyl/N-ethyl adjacent to an activating group) is 1. The number of hydrogen-bond donors (Lipinski definition) is 0. The summed E-state index contributed by atoms with van der Waals surface area (Å²) in [6.45, 7) is 0.478. The molecule has 5 heteroatoms. The highest BCUT2D eigenvalue weighted by Gasteiger charge is 2.48. The number of nitrogens with zero attached hydrogens (tertiary/aromatic N) is 1. The Kier molecular flexibility index (Phi) is 4.39. The summed E-state index contributed by atoms with van der Waals surface area (Å²) in [5.74, 6) is -1.23. The van der Waals surface area contributed by atoms with Gasteiger partial charge in [0, 0.05) is 12.5 Å². The highest BCUT2D eigenvalue weighted by molar-refractivity contribution is 5.82. The Bertz CT molecular complexity index is 488. The molecule has 0 saturated carbocycles. The van der Waals surface area contributed by atoms with E-state index in [9.17, 15) is 9.59 Å². The summed E-state index contributed by atoms with van der Waals surface area (Å²) < 4.78 is 9.76. The molecule has 0 spiro atoms. The Labute approximate surface area is 118 Å². The van der Waals surface area contributed by atoms with E-state index < -0.39 is 6.04 Å². The molecule has 0 aliphatic carbocycles. The fourth-order valence-corrected chi connectivity index (χ4v) is 2.94. The second-order valence-corrected chi connectivity index (χ2v) is 4.97. The molecule has 1 aliphatic rings. The summed E-state index contributed by atoms with van der Waals surface area (Å²) in [5.41, 5.74) is 0.947. The van der Waals surface area contributed by atoms with Crippen LogP contribution in [0.25, 0.3) is 0 Å². The van der Waals surface area contributed by atoms with E-state index in [1.807, 2.05) is 42.3 Å². The summed E-state index contributed by atoms with van der Waals surface area (Å²) in [5, 5.41) is 0. The topological polar surface area (TPSA) is 55.8 Å². The second kappa shape index (κ2) is 6.05. The largest absolute Gasteiger partial charge is 0.469 e. The van der Waals surface area contributed by atoms with Gasteiger partial charge in [0.15, 0.2) is 0 Å². The summed E-state index contributed by atoms with van der Waals surface area (Å²) in [6, 6.07) is 9.09. The SMILES string of the molecule is COC(=O)[C@H]1CN(C)[C@H](C(=O)OC)[C@@H]1c1ccccc1. The first-order valence-electron chi connectivity index (χ1n) is 6.51. The Morgan fingerprint density at radius 2 is 1.70 bits per heavy atom. The lowest BCUT2D eigenvalue weighted by atomic mass is 9.84. The van der Waals surface area contributed by atoms with Gasteiger partial charge in [0.1, 0.15) is 6.04 Å². The molecule has 0 radical (unpaired) electrons. The fraction of sp³-hybridized carbons (Fsp3) is 0.467. The summed E-state index contributed by atoms with van der Waals surface area (Å²) in [7, 11) is 4.56. The fourth-order valence-electron chi connectivity index (χ4n) is 2.94. The zero-order chi connectivity index (χ0) is 14.7. The van der Waals surface area contributed by atoms with E-state index in [1.54, 1.807) is 0 Å². The van der Waals surface area contributed by atoms with Gasteiger partial charge in [-0.25, -0.2) is 0 Å². The first-order chi connectivity index (χ1) is 9.60. The van der Waals surface area contributed by atoms with E-state index in [0.29, 0.717) is 6.54 Å². The smallest absolute Gasteiger partial charge is 0.323 e. The van der Waals surface area contributed by atoms with Crippen LogP contribution in [0.1, 0.15) is 11.5 Å². The van der Waals surface area contributed by atoms with Crippen LogP contribution in [0.5, 0.6) is 0 Å². The highest BCUT2D eigenvalue weighted by atomic mass is 16.5. The molecule has 1 saturated heterocycles. The van der Waals surface area contributed by atoms with Crippen molar-refractivity contribution in [3.8, 4) is 0 Å². The molecule has 108 valence electrons. The molecule has 0 amide bonds. The molecule has 5 nitrogen and oxygen atoms in total. The average Bonchev–Trinajstić information content (AvgIpc) is 2.84. The van der Waals surface area contributed by atoms with E-state index in [-0.39, 0.29) is 23.8 Å². The number of carbonyl (C=O) groups excluding carboxylic acids is 2. The maximum Gasteiger partial charge on any atom is 0.323 e. The van der Waals surface area contributed by atoms with Crippen LogP contribution in [-0.2, 0) is 19.1 Å². The lowest BCUT2D eigenvalue weighted by Gasteiger charge is -2.23. The van der Waals surface area contributed by atoms with Crippen LogP contribution < -0.4 is 0 Å². The van der Waals surface area contributed by atoms with Crippen molar-refractivity contribution in [2.45, 2.75) is 12.0 Å². The van der Waals surface area contributed by atoms with E-state index >= 15 is 0 Å². The van der Waals surface area contributed by atoms with Gasteiger partial charge in [-0.2, -0.15) is 0 Å². The molecule has 0 bridgehead atoms. The summed E-state index contributed by atoms with van der Waals surface area (Å²) in [6.07, 6.45) is 0. The van der Waals surface area contributed by atoms with Gasteiger partial charge in [-0.3, -0.25) is 14.5 Å². The molecule has 2 rings (SSSR count). The third-order valence-corrected chi connectivity index (χ3v) is 3.86. The van der Waals surface area contributed by atoms with Crippen molar-refractivity contribution in [3.05, 3.63) is 35.9 Å². The molecule has 0 N–H and O–H groups in total. The number of benzene rings is 1. The van der Waals surface area contributed by atoms with Crippen LogP contribution in [0.2, 0.25) is 0 Å². The van der Waals surface area contributed by atoms with E-state index in [4.69, 9.17) is 9.47 Å². The van der Waals surface area contributed by atoms with Crippen LogP contribution in [0.15, 0.2) is 30.3 Å². The monoisotopic (exact) mass is 277 g/mol. The quantitative estimate of drug-likeness (QED) is 0.773. The third-order valence-electron chi connectivity index (χ3n) is 3.86. The molecule has 1 aliphatic heterocycles. The van der Waals surface area contributed by atoms with E-state index in [1.165, 1.54) is 14.2 Å². The predicted octanol–water partition coefficient (Wildman–Crippen LogP) is 1.05. The lowest BCUT2D eigenvalue weighted by Crippen LogP contribution is -2.37. The third kappa shape index (κ3) is 2.54. The molecule has 3 atom stereocenters. The first-order valence-corrected chi connectivity index (χ1v) is 6.51. The maximum absolute atomic E-state index is 12.0. The molecule has 1 aromatic rings. The molecule has 0 aromatic heterocycles. The van der Waals surface area contributed by atoms with Gasteiger partial charge in [0.2, 0.25) is 0 Å². The van der Waals surface area contributed by atoms with E-state index in [2.05, 4.69) is 0 Å². The number of esters is 2. The van der Waals surface area contributed by atoms with Gasteiger partial charge >= 0.3 is 11.9 Å². The Morgan fingerprint density at radius 3 is 2.25 bits per heavy atom. The molecule has 1 heterocycles. The highest BCUT2D eigenvalue weighted by Crippen LogP contribution is 2.38. The first kappa shape index (κ1) is 14.5. The number of carbonyl (C=O) groups is 2. The standard InChI is InChI=1S/C15H19NO4/c1-16-9-11(14(17)19-2)12(13(16)15(18)20-3)10-7-5-4-6-8-10/h4-8,11-13H,9H2,1-3H3/t11-,12+,13-/m0/s1. The van der Waals surface area contributed by atoms with Crippen molar-refractivity contribution in [2.75, 3.05) is 27.8 Å². The number of hydrogen-bond acceptors (Lipinski definition) is 5. The minimum atomic E-state index is -0.466. The van der Waals surface area contributed by atoms with Crippen LogP contribution in [0.3, 0.4) is 0 Å². The van der Waals surface area contributed by atoms with Gasteiger partial charge in [0.25, 0.3) is 0 Å². The Balaban J connectivity index is 2.41. The van der Waals surface area contributed by atoms with Crippen molar-refractivity contribution in [3.63, 3.8) is 0 Å². The number of rotatable bonds is 3. The zero-order valence-electron chi connectivity index (χ0n) is 11.9. The molecular formula is C15H19NO4. The Morgan fingerprint density at radius 1 is 1.10 bits per heavy atom. The van der Waals surface area contributed by atoms with Crippen molar-refractivity contribution in [1.29, 1.82) is 0 Å². The van der Waals surface area contributed by atoms with Crippen LogP contribution >= 0.6 is 0 Å². The summed E-state index contributed by atoms with van der Waals surface area (Å²) >= 11 is 0.